The van der Waals surface area contributed by atoms with Crippen LogP contribution >= 0.6 is 22.9 Å². The summed E-state index contributed by atoms with van der Waals surface area (Å²) in [4.78, 5) is 26.8. The monoisotopic (exact) mass is 389 g/mol. The number of halogens is 1. The molecule has 1 N–H and O–H groups in total. The minimum absolute atomic E-state index is 0.0395. The minimum atomic E-state index is -0.991. The van der Waals surface area contributed by atoms with Crippen LogP contribution in [0.15, 0.2) is 30.3 Å². The van der Waals surface area contributed by atoms with Crippen LogP contribution in [0.25, 0.3) is 15.9 Å². The molecule has 1 amide bonds. The van der Waals surface area contributed by atoms with E-state index in [1.54, 1.807) is 16.8 Å². The molecule has 4 rings (SSSR count). The molecule has 0 unspecified atom stereocenters. The molecule has 1 fully saturated rings. The summed E-state index contributed by atoms with van der Waals surface area (Å²) in [5.41, 5.74) is 1.68. The van der Waals surface area contributed by atoms with E-state index in [4.69, 9.17) is 16.7 Å². The first-order valence-electron chi connectivity index (χ1n) is 8.22. The van der Waals surface area contributed by atoms with Crippen molar-refractivity contribution >= 4 is 45.0 Å². The van der Waals surface area contributed by atoms with E-state index >= 15 is 0 Å². The average molecular weight is 390 g/mol. The lowest BCUT2D eigenvalue weighted by molar-refractivity contribution is -0.137. The number of hydrogen-bond acceptors (Lipinski definition) is 4. The maximum absolute atomic E-state index is 12.9. The Morgan fingerprint density at radius 3 is 2.65 bits per heavy atom. The Kier molecular flexibility index (Phi) is 4.20. The Morgan fingerprint density at radius 2 is 2.04 bits per heavy atom. The number of fused-ring (bicyclic) bond motifs is 1. The van der Waals surface area contributed by atoms with Crippen molar-refractivity contribution in [2.45, 2.75) is 25.8 Å². The predicted octanol–water partition coefficient (Wildman–Crippen LogP) is 3.74. The molecular weight excluding hydrogens is 374 g/mol. The van der Waals surface area contributed by atoms with Gasteiger partial charge in [-0.1, -0.05) is 11.6 Å². The number of hydrogen-bond donors (Lipinski definition) is 1. The third-order valence-electron chi connectivity index (χ3n) is 4.38. The van der Waals surface area contributed by atoms with Crippen LogP contribution in [0.3, 0.4) is 0 Å². The molecule has 1 saturated carbocycles. The lowest BCUT2D eigenvalue weighted by Gasteiger charge is -2.19. The molecule has 134 valence electrons. The molecule has 1 aromatic carbocycles. The molecule has 0 radical (unpaired) electrons. The molecule has 0 aliphatic heterocycles. The zero-order valence-corrected chi connectivity index (χ0v) is 15.5. The van der Waals surface area contributed by atoms with E-state index in [9.17, 15) is 9.59 Å². The topological polar surface area (TPSA) is 75.4 Å². The largest absolute Gasteiger partial charge is 0.480 e. The molecule has 1 aliphatic carbocycles. The Balaban J connectivity index is 1.73. The van der Waals surface area contributed by atoms with Crippen LogP contribution in [0.1, 0.15) is 28.2 Å². The summed E-state index contributed by atoms with van der Waals surface area (Å²) in [7, 11) is 0. The lowest BCUT2D eigenvalue weighted by Crippen LogP contribution is -2.37. The van der Waals surface area contributed by atoms with Crippen LogP contribution in [0, 0.1) is 6.92 Å². The number of nitrogens with zero attached hydrogens (tertiary/aromatic N) is 3. The van der Waals surface area contributed by atoms with Gasteiger partial charge in [0.1, 0.15) is 11.4 Å². The summed E-state index contributed by atoms with van der Waals surface area (Å²) in [6, 6.07) is 9.18. The summed E-state index contributed by atoms with van der Waals surface area (Å²) < 4.78 is 1.79. The summed E-state index contributed by atoms with van der Waals surface area (Å²) in [6.07, 6.45) is 1.73. The van der Waals surface area contributed by atoms with E-state index in [0.717, 1.165) is 34.4 Å². The fraction of sp³-hybridized carbons (Fsp3) is 0.278. The van der Waals surface area contributed by atoms with E-state index < -0.39 is 5.97 Å². The highest BCUT2D eigenvalue weighted by molar-refractivity contribution is 7.20. The second-order valence-electron chi connectivity index (χ2n) is 6.36. The van der Waals surface area contributed by atoms with E-state index in [2.05, 4.69) is 5.10 Å². The van der Waals surface area contributed by atoms with Gasteiger partial charge in [-0.25, -0.2) is 4.68 Å². The number of aromatic nitrogens is 2. The average Bonchev–Trinajstić information content (AvgIpc) is 3.27. The number of carboxylic acids is 1. The molecule has 26 heavy (non-hydrogen) atoms. The fourth-order valence-electron chi connectivity index (χ4n) is 2.95. The molecule has 8 heteroatoms. The highest BCUT2D eigenvalue weighted by Gasteiger charge is 2.35. The van der Waals surface area contributed by atoms with Gasteiger partial charge in [-0.3, -0.25) is 9.59 Å². The van der Waals surface area contributed by atoms with Crippen molar-refractivity contribution in [1.82, 2.24) is 14.7 Å². The second-order valence-corrected chi connectivity index (χ2v) is 7.83. The molecule has 2 aromatic heterocycles. The molecule has 1 aliphatic rings. The van der Waals surface area contributed by atoms with E-state index in [0.29, 0.717) is 9.90 Å². The number of aliphatic carboxylic acids is 1. The number of carboxylic acid groups (broad SMARTS) is 1. The maximum atomic E-state index is 12.9. The van der Waals surface area contributed by atoms with Gasteiger partial charge in [0.05, 0.1) is 16.3 Å². The van der Waals surface area contributed by atoms with Crippen molar-refractivity contribution in [3.05, 3.63) is 45.9 Å². The first-order chi connectivity index (χ1) is 12.4. The van der Waals surface area contributed by atoms with Crippen molar-refractivity contribution < 1.29 is 14.7 Å². The van der Waals surface area contributed by atoms with Crippen molar-refractivity contribution in [1.29, 1.82) is 0 Å². The van der Waals surface area contributed by atoms with Gasteiger partial charge < -0.3 is 10.0 Å². The Bertz CT molecular complexity index is 1000. The summed E-state index contributed by atoms with van der Waals surface area (Å²) >= 11 is 7.29. The van der Waals surface area contributed by atoms with Gasteiger partial charge in [0.15, 0.2) is 0 Å². The normalized spacial score (nSPS) is 13.9. The van der Waals surface area contributed by atoms with E-state index in [1.165, 1.54) is 16.2 Å². The molecule has 2 heterocycles. The van der Waals surface area contributed by atoms with Gasteiger partial charge in [-0.2, -0.15) is 5.10 Å². The predicted molar refractivity (Wildman–Crippen MR) is 100 cm³/mol. The Morgan fingerprint density at radius 1 is 1.35 bits per heavy atom. The molecule has 0 atom stereocenters. The highest BCUT2D eigenvalue weighted by atomic mass is 35.5. The molecule has 0 bridgehead atoms. The number of carbonyl (C=O) groups excluding carboxylic acids is 1. The van der Waals surface area contributed by atoms with Crippen LogP contribution in [-0.2, 0) is 4.79 Å². The third kappa shape index (κ3) is 3.08. The SMILES string of the molecule is Cc1nn(-c2ccc(Cl)cc2)c2sc(C(=O)N(CC(=O)O)C3CC3)cc12. The number of carbonyl (C=O) groups is 2. The zero-order valence-electron chi connectivity index (χ0n) is 14.0. The molecule has 3 aromatic rings. The second kappa shape index (κ2) is 6.41. The van der Waals surface area contributed by atoms with Gasteiger partial charge in [0.2, 0.25) is 0 Å². The smallest absolute Gasteiger partial charge is 0.323 e. The number of aryl methyl sites for hydroxylation is 1. The van der Waals surface area contributed by atoms with Gasteiger partial charge in [0, 0.05) is 16.5 Å². The van der Waals surface area contributed by atoms with Crippen LogP contribution < -0.4 is 0 Å². The number of rotatable bonds is 5. The van der Waals surface area contributed by atoms with Gasteiger partial charge >= 0.3 is 5.97 Å². The summed E-state index contributed by atoms with van der Waals surface area (Å²) in [5, 5.41) is 15.2. The van der Waals surface area contributed by atoms with Crippen molar-refractivity contribution in [3.8, 4) is 5.69 Å². The lowest BCUT2D eigenvalue weighted by atomic mass is 10.3. The standard InChI is InChI=1S/C18H16ClN3O3S/c1-10-14-8-15(17(25)21(9-16(23)24)12-6-7-12)26-18(14)22(20-10)13-4-2-11(19)3-5-13/h2-5,8,12H,6-7,9H2,1H3,(H,23,24). The van der Waals surface area contributed by atoms with Gasteiger partial charge in [-0.15, -0.1) is 11.3 Å². The van der Waals surface area contributed by atoms with Gasteiger partial charge in [-0.05, 0) is 50.1 Å². The molecule has 0 spiro atoms. The number of amides is 1. The van der Waals surface area contributed by atoms with E-state index in [-0.39, 0.29) is 18.5 Å². The zero-order chi connectivity index (χ0) is 18.4. The van der Waals surface area contributed by atoms with Gasteiger partial charge in [0.25, 0.3) is 5.91 Å². The quantitative estimate of drug-likeness (QED) is 0.721. The maximum Gasteiger partial charge on any atom is 0.323 e. The van der Waals surface area contributed by atoms with Crippen LogP contribution in [-0.4, -0.2) is 44.3 Å². The molecular formula is C18H16ClN3O3S. The molecule has 6 nitrogen and oxygen atoms in total. The summed E-state index contributed by atoms with van der Waals surface area (Å²) in [6.45, 7) is 1.63. The summed E-state index contributed by atoms with van der Waals surface area (Å²) in [5.74, 6) is -1.21. The van der Waals surface area contributed by atoms with Crippen molar-refractivity contribution in [2.24, 2.45) is 0 Å². The fourth-order valence-corrected chi connectivity index (χ4v) is 4.22. The van der Waals surface area contributed by atoms with Crippen molar-refractivity contribution in [3.63, 3.8) is 0 Å². The Hall–Kier alpha value is -2.38. The van der Waals surface area contributed by atoms with Crippen LogP contribution in [0.4, 0.5) is 0 Å². The molecule has 0 saturated heterocycles. The Labute approximate surface area is 158 Å². The van der Waals surface area contributed by atoms with E-state index in [1.807, 2.05) is 25.1 Å². The van der Waals surface area contributed by atoms with Crippen molar-refractivity contribution in [2.75, 3.05) is 6.54 Å². The highest BCUT2D eigenvalue weighted by Crippen LogP contribution is 2.34. The first kappa shape index (κ1) is 17.1. The van der Waals surface area contributed by atoms with Crippen LogP contribution in [0.2, 0.25) is 5.02 Å². The third-order valence-corrected chi connectivity index (χ3v) is 5.73. The van der Waals surface area contributed by atoms with Crippen LogP contribution in [0.5, 0.6) is 0 Å². The minimum Gasteiger partial charge on any atom is -0.480 e. The number of thiophene rings is 1. The number of benzene rings is 1. The first-order valence-corrected chi connectivity index (χ1v) is 9.41.